The average Bonchev–Trinajstić information content (AvgIpc) is 2.73. The number of alkyl halides is 2. The Labute approximate surface area is 167 Å². The number of amides is 1. The summed E-state index contributed by atoms with van der Waals surface area (Å²) in [6.07, 6.45) is 3.40. The average molecular weight is 398 g/mol. The minimum Gasteiger partial charge on any atom is -0.489 e. The molecule has 3 aromatic rings. The second-order valence-corrected chi connectivity index (χ2v) is 6.32. The quantitative estimate of drug-likeness (QED) is 0.595. The third kappa shape index (κ3) is 6.00. The van der Waals surface area contributed by atoms with Crippen molar-refractivity contribution in [2.45, 2.75) is 26.2 Å². The predicted octanol–water partition coefficient (Wildman–Crippen LogP) is 4.75. The van der Waals surface area contributed by atoms with Crippen LogP contribution in [-0.2, 0) is 6.61 Å². The number of carbonyl (C=O) groups excluding carboxylic acids is 1. The Morgan fingerprint density at radius 2 is 1.86 bits per heavy atom. The van der Waals surface area contributed by atoms with Crippen LogP contribution in [0.2, 0.25) is 0 Å². The third-order valence-electron chi connectivity index (χ3n) is 4.16. The van der Waals surface area contributed by atoms with E-state index in [0.29, 0.717) is 23.5 Å². The molecule has 0 spiro atoms. The van der Waals surface area contributed by atoms with Crippen LogP contribution in [0.3, 0.4) is 0 Å². The molecular weight excluding hydrogens is 378 g/mol. The number of rotatable bonds is 8. The zero-order valence-electron chi connectivity index (χ0n) is 15.7. The van der Waals surface area contributed by atoms with E-state index in [1.54, 1.807) is 55.7 Å². The second-order valence-electron chi connectivity index (χ2n) is 6.32. The lowest BCUT2D eigenvalue weighted by Crippen LogP contribution is -2.26. The van der Waals surface area contributed by atoms with E-state index >= 15 is 0 Å². The topological polar surface area (TPSA) is 60.5 Å². The van der Waals surface area contributed by atoms with Crippen molar-refractivity contribution >= 4 is 5.91 Å². The van der Waals surface area contributed by atoms with Crippen LogP contribution in [0.1, 0.15) is 34.5 Å². The minimum absolute atomic E-state index is 0.0457. The van der Waals surface area contributed by atoms with E-state index in [4.69, 9.17) is 4.74 Å². The summed E-state index contributed by atoms with van der Waals surface area (Å²) in [7, 11) is 0. The van der Waals surface area contributed by atoms with Crippen molar-refractivity contribution in [1.29, 1.82) is 0 Å². The predicted molar refractivity (Wildman–Crippen MR) is 104 cm³/mol. The third-order valence-corrected chi connectivity index (χ3v) is 4.16. The fourth-order valence-corrected chi connectivity index (χ4v) is 2.70. The highest BCUT2D eigenvalue weighted by molar-refractivity contribution is 5.94. The molecule has 5 nitrogen and oxygen atoms in total. The maximum atomic E-state index is 12.6. The molecule has 7 heteroatoms. The lowest BCUT2D eigenvalue weighted by atomic mass is 10.1. The fraction of sp³-hybridized carbons (Fsp3) is 0.182. The summed E-state index contributed by atoms with van der Waals surface area (Å²) in [4.78, 5) is 16.6. The van der Waals surface area contributed by atoms with Crippen LogP contribution in [0.5, 0.6) is 11.5 Å². The standard InChI is InChI=1S/C22H20F2N2O3/c1-15(17-6-2-9-20(11-17)29-22(23)24)26-21(27)18-7-3-8-19(12-18)28-14-16-5-4-10-25-13-16/h2-13,15,22H,14H2,1H3,(H,26,27). The normalized spacial score (nSPS) is 11.7. The summed E-state index contributed by atoms with van der Waals surface area (Å²) in [6.45, 7) is -0.793. The number of ether oxygens (including phenoxy) is 2. The molecule has 0 aliphatic carbocycles. The number of carbonyl (C=O) groups is 1. The molecule has 0 fully saturated rings. The highest BCUT2D eigenvalue weighted by Gasteiger charge is 2.14. The van der Waals surface area contributed by atoms with E-state index < -0.39 is 12.7 Å². The largest absolute Gasteiger partial charge is 0.489 e. The fourth-order valence-electron chi connectivity index (χ4n) is 2.70. The molecular formula is C22H20F2N2O3. The van der Waals surface area contributed by atoms with Crippen molar-refractivity contribution in [2.24, 2.45) is 0 Å². The van der Waals surface area contributed by atoms with Gasteiger partial charge in [-0.3, -0.25) is 9.78 Å². The number of hydrogen-bond donors (Lipinski definition) is 1. The molecule has 3 rings (SSSR count). The molecule has 0 saturated heterocycles. The Morgan fingerprint density at radius 1 is 1.07 bits per heavy atom. The first-order valence-corrected chi connectivity index (χ1v) is 8.98. The highest BCUT2D eigenvalue weighted by Crippen LogP contribution is 2.22. The van der Waals surface area contributed by atoms with Crippen molar-refractivity contribution in [3.05, 3.63) is 89.7 Å². The number of benzene rings is 2. The van der Waals surface area contributed by atoms with Gasteiger partial charge in [0.15, 0.2) is 0 Å². The number of nitrogens with one attached hydrogen (secondary N) is 1. The van der Waals surface area contributed by atoms with Gasteiger partial charge in [-0.05, 0) is 48.9 Å². The molecule has 1 amide bonds. The molecule has 0 aliphatic rings. The van der Waals surface area contributed by atoms with Gasteiger partial charge in [-0.2, -0.15) is 8.78 Å². The Hall–Kier alpha value is -3.48. The first-order valence-electron chi connectivity index (χ1n) is 8.98. The van der Waals surface area contributed by atoms with Gasteiger partial charge >= 0.3 is 6.61 Å². The highest BCUT2D eigenvalue weighted by atomic mass is 19.3. The Kier molecular flexibility index (Phi) is 6.73. The Morgan fingerprint density at radius 3 is 2.62 bits per heavy atom. The second kappa shape index (κ2) is 9.64. The molecule has 0 aliphatic heterocycles. The minimum atomic E-state index is -2.90. The number of aromatic nitrogens is 1. The van der Waals surface area contributed by atoms with Gasteiger partial charge in [0.05, 0.1) is 6.04 Å². The molecule has 0 bridgehead atoms. The van der Waals surface area contributed by atoms with Crippen LogP contribution in [-0.4, -0.2) is 17.5 Å². The molecule has 1 N–H and O–H groups in total. The molecule has 0 radical (unpaired) electrons. The lowest BCUT2D eigenvalue weighted by molar-refractivity contribution is -0.0499. The molecule has 1 aromatic heterocycles. The van der Waals surface area contributed by atoms with Gasteiger partial charge in [-0.15, -0.1) is 0 Å². The summed E-state index contributed by atoms with van der Waals surface area (Å²) >= 11 is 0. The molecule has 1 unspecified atom stereocenters. The van der Waals surface area contributed by atoms with E-state index in [1.165, 1.54) is 12.1 Å². The molecule has 0 saturated carbocycles. The van der Waals surface area contributed by atoms with Gasteiger partial charge in [0, 0.05) is 23.5 Å². The first-order chi connectivity index (χ1) is 14.0. The van der Waals surface area contributed by atoms with Crippen LogP contribution in [0, 0.1) is 0 Å². The summed E-state index contributed by atoms with van der Waals surface area (Å²) in [5.41, 5.74) is 2.00. The maximum Gasteiger partial charge on any atom is 0.387 e. The van der Waals surface area contributed by atoms with Crippen LogP contribution in [0.4, 0.5) is 8.78 Å². The summed E-state index contributed by atoms with van der Waals surface area (Å²) in [5, 5.41) is 2.85. The van der Waals surface area contributed by atoms with E-state index in [9.17, 15) is 13.6 Å². The van der Waals surface area contributed by atoms with Crippen LogP contribution in [0.25, 0.3) is 0 Å². The Balaban J connectivity index is 1.63. The molecule has 1 heterocycles. The van der Waals surface area contributed by atoms with Gasteiger partial charge in [0.2, 0.25) is 0 Å². The number of hydrogen-bond acceptors (Lipinski definition) is 4. The molecule has 29 heavy (non-hydrogen) atoms. The number of nitrogens with zero attached hydrogens (tertiary/aromatic N) is 1. The summed E-state index contributed by atoms with van der Waals surface area (Å²) in [5.74, 6) is 0.301. The number of halogens is 2. The van der Waals surface area contributed by atoms with Crippen LogP contribution < -0.4 is 14.8 Å². The number of pyridine rings is 1. The van der Waals surface area contributed by atoms with E-state index in [-0.39, 0.29) is 11.7 Å². The lowest BCUT2D eigenvalue weighted by Gasteiger charge is -2.16. The van der Waals surface area contributed by atoms with Gasteiger partial charge in [-0.1, -0.05) is 24.3 Å². The zero-order chi connectivity index (χ0) is 20.6. The van der Waals surface area contributed by atoms with E-state index in [2.05, 4.69) is 15.0 Å². The van der Waals surface area contributed by atoms with Gasteiger partial charge in [0.1, 0.15) is 18.1 Å². The van der Waals surface area contributed by atoms with Gasteiger partial charge in [0.25, 0.3) is 5.91 Å². The summed E-state index contributed by atoms with van der Waals surface area (Å²) < 4.78 is 34.9. The molecule has 150 valence electrons. The monoisotopic (exact) mass is 398 g/mol. The van der Waals surface area contributed by atoms with Gasteiger partial charge in [-0.25, -0.2) is 0 Å². The van der Waals surface area contributed by atoms with Crippen molar-refractivity contribution in [2.75, 3.05) is 0 Å². The molecule has 2 aromatic carbocycles. The first kappa shape index (κ1) is 20.3. The van der Waals surface area contributed by atoms with Crippen molar-refractivity contribution in [3.8, 4) is 11.5 Å². The SMILES string of the molecule is CC(NC(=O)c1cccc(OCc2cccnc2)c1)c1cccc(OC(F)F)c1. The Bertz CT molecular complexity index is 952. The van der Waals surface area contributed by atoms with Crippen molar-refractivity contribution in [1.82, 2.24) is 10.3 Å². The molecule has 1 atom stereocenters. The van der Waals surface area contributed by atoms with Crippen molar-refractivity contribution in [3.63, 3.8) is 0 Å². The smallest absolute Gasteiger partial charge is 0.387 e. The van der Waals surface area contributed by atoms with E-state index in [1.807, 2.05) is 12.1 Å². The van der Waals surface area contributed by atoms with Gasteiger partial charge < -0.3 is 14.8 Å². The van der Waals surface area contributed by atoms with Crippen LogP contribution in [0.15, 0.2) is 73.1 Å². The van der Waals surface area contributed by atoms with Crippen molar-refractivity contribution < 1.29 is 23.0 Å². The zero-order valence-corrected chi connectivity index (χ0v) is 15.7. The van der Waals surface area contributed by atoms with E-state index in [0.717, 1.165) is 5.56 Å². The maximum absolute atomic E-state index is 12.6. The van der Waals surface area contributed by atoms with Crippen LogP contribution >= 0.6 is 0 Å². The summed E-state index contributed by atoms with van der Waals surface area (Å²) in [6, 6.07) is 16.4.